The molecule has 0 N–H and O–H groups in total. The maximum atomic E-state index is 12.0. The standard InChI is InChI=1S/C22H42O4S2/c1-5-9-11-13-15-19(7-3)25-21(23)17-27-28-18-22(24)26-20(8-4)16-14-12-10-6-2/h19-20H,5-18H2,1-4H3. The topological polar surface area (TPSA) is 52.6 Å². The van der Waals surface area contributed by atoms with Gasteiger partial charge in [-0.15, -0.1) is 0 Å². The highest BCUT2D eigenvalue weighted by atomic mass is 33.1. The Morgan fingerprint density at radius 2 is 1.04 bits per heavy atom. The Bertz CT molecular complexity index is 355. The van der Waals surface area contributed by atoms with Gasteiger partial charge in [-0.1, -0.05) is 87.8 Å². The zero-order valence-corrected chi connectivity index (χ0v) is 20.1. The van der Waals surface area contributed by atoms with E-state index in [1.807, 2.05) is 0 Å². The second-order valence-corrected chi connectivity index (χ2v) is 9.73. The van der Waals surface area contributed by atoms with Gasteiger partial charge in [-0.3, -0.25) is 9.59 Å². The summed E-state index contributed by atoms with van der Waals surface area (Å²) in [6.07, 6.45) is 13.2. The molecule has 28 heavy (non-hydrogen) atoms. The van der Waals surface area contributed by atoms with Crippen molar-refractivity contribution in [3.63, 3.8) is 0 Å². The smallest absolute Gasteiger partial charge is 0.317 e. The molecule has 6 heteroatoms. The number of rotatable bonds is 19. The quantitative estimate of drug-likeness (QED) is 0.124. The maximum Gasteiger partial charge on any atom is 0.317 e. The molecule has 2 atom stereocenters. The van der Waals surface area contributed by atoms with E-state index in [4.69, 9.17) is 9.47 Å². The Labute approximate surface area is 181 Å². The molecular formula is C22H42O4S2. The number of hydrogen-bond donors (Lipinski definition) is 0. The lowest BCUT2D eigenvalue weighted by Crippen LogP contribution is -2.19. The molecule has 0 spiro atoms. The number of unbranched alkanes of at least 4 members (excludes halogenated alkanes) is 6. The third-order valence-corrected chi connectivity index (χ3v) is 6.78. The van der Waals surface area contributed by atoms with Crippen LogP contribution in [-0.2, 0) is 19.1 Å². The van der Waals surface area contributed by atoms with Gasteiger partial charge >= 0.3 is 11.9 Å². The Kier molecular flexibility index (Phi) is 19.7. The molecule has 0 fully saturated rings. The molecule has 0 heterocycles. The zero-order valence-electron chi connectivity index (χ0n) is 18.5. The predicted octanol–water partition coefficient (Wildman–Crippen LogP) is 6.95. The Hall–Kier alpha value is -0.360. The van der Waals surface area contributed by atoms with Crippen molar-refractivity contribution in [3.8, 4) is 0 Å². The van der Waals surface area contributed by atoms with Crippen molar-refractivity contribution < 1.29 is 19.1 Å². The summed E-state index contributed by atoms with van der Waals surface area (Å²) in [5.41, 5.74) is 0. The summed E-state index contributed by atoms with van der Waals surface area (Å²) in [7, 11) is 2.75. The van der Waals surface area contributed by atoms with Crippen LogP contribution in [-0.4, -0.2) is 35.7 Å². The summed E-state index contributed by atoms with van der Waals surface area (Å²) in [5.74, 6) is 0.182. The molecule has 2 unspecified atom stereocenters. The van der Waals surface area contributed by atoms with Crippen LogP contribution in [0.2, 0.25) is 0 Å². The van der Waals surface area contributed by atoms with Crippen LogP contribution in [0.25, 0.3) is 0 Å². The van der Waals surface area contributed by atoms with Crippen LogP contribution in [0.5, 0.6) is 0 Å². The Balaban J connectivity index is 3.84. The minimum atomic E-state index is -0.185. The van der Waals surface area contributed by atoms with E-state index in [2.05, 4.69) is 27.7 Å². The van der Waals surface area contributed by atoms with E-state index in [1.165, 1.54) is 60.1 Å². The van der Waals surface area contributed by atoms with E-state index in [0.29, 0.717) is 0 Å². The first-order chi connectivity index (χ1) is 13.6. The van der Waals surface area contributed by atoms with Gasteiger partial charge in [0.15, 0.2) is 0 Å². The second-order valence-electron chi connectivity index (χ2n) is 7.26. The number of ether oxygens (including phenoxy) is 2. The first-order valence-corrected chi connectivity index (χ1v) is 13.7. The summed E-state index contributed by atoms with van der Waals surface area (Å²) < 4.78 is 11.1. The van der Waals surface area contributed by atoms with Crippen molar-refractivity contribution in [3.05, 3.63) is 0 Å². The molecule has 0 saturated heterocycles. The second kappa shape index (κ2) is 19.9. The van der Waals surface area contributed by atoms with Gasteiger partial charge in [-0.25, -0.2) is 0 Å². The molecule has 4 nitrogen and oxygen atoms in total. The first-order valence-electron chi connectivity index (χ1n) is 11.2. The van der Waals surface area contributed by atoms with Gasteiger partial charge in [0.2, 0.25) is 0 Å². The zero-order chi connectivity index (χ0) is 21.0. The van der Waals surface area contributed by atoms with E-state index < -0.39 is 0 Å². The number of hydrogen-bond acceptors (Lipinski definition) is 6. The molecule has 0 radical (unpaired) electrons. The van der Waals surface area contributed by atoms with Gasteiger partial charge in [-0.05, 0) is 38.5 Å². The molecular weight excluding hydrogens is 392 g/mol. The van der Waals surface area contributed by atoms with Crippen molar-refractivity contribution >= 4 is 33.5 Å². The lowest BCUT2D eigenvalue weighted by molar-refractivity contribution is -0.147. The third-order valence-electron chi connectivity index (χ3n) is 4.70. The predicted molar refractivity (Wildman–Crippen MR) is 123 cm³/mol. The first kappa shape index (κ1) is 27.6. The van der Waals surface area contributed by atoms with Crippen LogP contribution in [0.15, 0.2) is 0 Å². The Morgan fingerprint density at radius 3 is 1.36 bits per heavy atom. The summed E-state index contributed by atoms with van der Waals surface area (Å²) in [6.45, 7) is 8.50. The Morgan fingerprint density at radius 1 is 0.643 bits per heavy atom. The van der Waals surface area contributed by atoms with Crippen LogP contribution in [0.1, 0.15) is 105 Å². The van der Waals surface area contributed by atoms with Gasteiger partial charge in [-0.2, -0.15) is 0 Å². The highest BCUT2D eigenvalue weighted by Crippen LogP contribution is 2.23. The van der Waals surface area contributed by atoms with Crippen molar-refractivity contribution in [1.82, 2.24) is 0 Å². The fourth-order valence-corrected chi connectivity index (χ4v) is 4.48. The maximum absolute atomic E-state index is 12.0. The van der Waals surface area contributed by atoms with E-state index in [1.54, 1.807) is 0 Å². The molecule has 0 aliphatic rings. The fraction of sp³-hybridized carbons (Fsp3) is 0.909. The lowest BCUT2D eigenvalue weighted by atomic mass is 10.1. The highest BCUT2D eigenvalue weighted by molar-refractivity contribution is 8.77. The molecule has 0 aromatic carbocycles. The molecule has 0 saturated carbocycles. The number of carbonyl (C=O) groups is 2. The van der Waals surface area contributed by atoms with Crippen molar-refractivity contribution in [2.24, 2.45) is 0 Å². The van der Waals surface area contributed by atoms with E-state index in [-0.39, 0.29) is 35.7 Å². The van der Waals surface area contributed by atoms with E-state index >= 15 is 0 Å². The molecule has 0 amide bonds. The molecule has 0 aliphatic carbocycles. The fourth-order valence-electron chi connectivity index (χ4n) is 2.91. The number of esters is 2. The van der Waals surface area contributed by atoms with E-state index in [9.17, 15) is 9.59 Å². The van der Waals surface area contributed by atoms with Gasteiger partial charge in [0, 0.05) is 0 Å². The molecule has 0 aliphatic heterocycles. The molecule has 166 valence electrons. The normalized spacial score (nSPS) is 13.1. The van der Waals surface area contributed by atoms with Crippen LogP contribution < -0.4 is 0 Å². The summed E-state index contributed by atoms with van der Waals surface area (Å²) >= 11 is 0. The van der Waals surface area contributed by atoms with Crippen LogP contribution in [0, 0.1) is 0 Å². The van der Waals surface area contributed by atoms with Gasteiger partial charge < -0.3 is 9.47 Å². The average Bonchev–Trinajstić information content (AvgIpc) is 2.69. The van der Waals surface area contributed by atoms with Crippen molar-refractivity contribution in [1.29, 1.82) is 0 Å². The van der Waals surface area contributed by atoms with Crippen LogP contribution in [0.3, 0.4) is 0 Å². The summed E-state index contributed by atoms with van der Waals surface area (Å²) in [4.78, 5) is 23.9. The van der Waals surface area contributed by atoms with E-state index in [0.717, 1.165) is 38.5 Å². The minimum Gasteiger partial charge on any atom is -0.462 e. The number of carbonyl (C=O) groups excluding carboxylic acids is 2. The molecule has 0 aromatic heterocycles. The molecule has 0 bridgehead atoms. The SMILES string of the molecule is CCCCCCC(CC)OC(=O)CSSCC(=O)OC(CC)CCCCCC. The van der Waals surface area contributed by atoms with Gasteiger partial charge in [0.1, 0.15) is 23.7 Å². The minimum absolute atomic E-state index is 0.0259. The molecule has 0 aromatic rings. The van der Waals surface area contributed by atoms with Gasteiger partial charge in [0.05, 0.1) is 0 Å². The monoisotopic (exact) mass is 434 g/mol. The summed E-state index contributed by atoms with van der Waals surface area (Å²) in [5, 5.41) is 0. The van der Waals surface area contributed by atoms with Crippen LogP contribution >= 0.6 is 21.6 Å². The lowest BCUT2D eigenvalue weighted by Gasteiger charge is -2.16. The highest BCUT2D eigenvalue weighted by Gasteiger charge is 2.15. The third kappa shape index (κ3) is 16.6. The largest absolute Gasteiger partial charge is 0.462 e. The van der Waals surface area contributed by atoms with Gasteiger partial charge in [0.25, 0.3) is 0 Å². The van der Waals surface area contributed by atoms with Crippen LogP contribution in [0.4, 0.5) is 0 Å². The average molecular weight is 435 g/mol. The molecule has 0 rings (SSSR count). The van der Waals surface area contributed by atoms with Crippen molar-refractivity contribution in [2.45, 2.75) is 117 Å². The van der Waals surface area contributed by atoms with Crippen molar-refractivity contribution in [2.75, 3.05) is 11.5 Å². The summed E-state index contributed by atoms with van der Waals surface area (Å²) in [6, 6.07) is 0.